The monoisotopic (exact) mass is 701 g/mol. The average Bonchev–Trinajstić information content (AvgIpc) is 3.54. The Morgan fingerprint density at radius 2 is 1.73 bits per heavy atom. The van der Waals surface area contributed by atoms with Crippen molar-refractivity contribution in [2.45, 2.75) is 16.2 Å². The highest BCUT2D eigenvalue weighted by atomic mass is 79.9. The molecule has 7 rings (SSSR count). The van der Waals surface area contributed by atoms with Gasteiger partial charge in [-0.05, 0) is 65.4 Å². The number of rotatable bonds is 7. The summed E-state index contributed by atoms with van der Waals surface area (Å²) in [6.07, 6.45) is 0. The second-order valence-corrected chi connectivity index (χ2v) is 13.6. The number of fused-ring (bicyclic) bond motifs is 3. The Kier molecular flexibility index (Phi) is 7.72. The topological polar surface area (TPSA) is 118 Å². The molecule has 5 aromatic rings. The lowest BCUT2D eigenvalue weighted by Crippen LogP contribution is -2.32. The lowest BCUT2D eigenvalue weighted by Gasteiger charge is -2.31. The minimum Gasteiger partial charge on any atom is -0.497 e. The predicted molar refractivity (Wildman–Crippen MR) is 178 cm³/mol. The number of methoxy groups -OCH3 is 1. The summed E-state index contributed by atoms with van der Waals surface area (Å²) < 4.78 is 12.0. The fourth-order valence-corrected chi connectivity index (χ4v) is 8.72. The van der Waals surface area contributed by atoms with E-state index in [-0.39, 0.29) is 29.2 Å². The largest absolute Gasteiger partial charge is 0.497 e. The summed E-state index contributed by atoms with van der Waals surface area (Å²) >= 11 is 5.74. The molecular weight excluding hydrogens is 678 g/mol. The summed E-state index contributed by atoms with van der Waals surface area (Å²) in [7, 11) is 1.54. The molecule has 2 N–H and O–H groups in total. The Hall–Kier alpha value is -4.39. The lowest BCUT2D eigenvalue weighted by molar-refractivity contribution is -0.122. The fraction of sp³-hybridized carbons (Fsp3) is 0.152. The highest BCUT2D eigenvalue weighted by Crippen LogP contribution is 2.54. The van der Waals surface area contributed by atoms with Crippen LogP contribution in [0.5, 0.6) is 11.5 Å². The number of aromatic nitrogens is 1. The summed E-state index contributed by atoms with van der Waals surface area (Å²) in [4.78, 5) is 57.9. The van der Waals surface area contributed by atoms with Gasteiger partial charge in [0.15, 0.2) is 6.61 Å². The van der Waals surface area contributed by atoms with Crippen molar-refractivity contribution < 1.29 is 23.9 Å². The number of H-pyrrole nitrogens is 1. The van der Waals surface area contributed by atoms with Crippen LogP contribution >= 0.6 is 39.0 Å². The Morgan fingerprint density at radius 3 is 2.51 bits per heavy atom. The number of anilines is 2. The first-order valence-electron chi connectivity index (χ1n) is 13.9. The predicted octanol–water partition coefficient (Wildman–Crippen LogP) is 6.17. The molecule has 3 heterocycles. The molecule has 2 aliphatic heterocycles. The number of hydrogen-bond donors (Lipinski definition) is 2. The number of carbonyl (C=O) groups excluding carboxylic acids is 3. The van der Waals surface area contributed by atoms with E-state index in [0.29, 0.717) is 42.8 Å². The number of carbonyl (C=O) groups is 3. The summed E-state index contributed by atoms with van der Waals surface area (Å²) in [6.45, 7) is -0.294. The molecule has 3 atom stereocenters. The first kappa shape index (κ1) is 29.3. The molecule has 1 aromatic heterocycles. The molecule has 45 heavy (non-hydrogen) atoms. The molecule has 4 aromatic carbocycles. The van der Waals surface area contributed by atoms with E-state index in [1.165, 1.54) is 16.7 Å². The van der Waals surface area contributed by atoms with Crippen LogP contribution in [-0.4, -0.2) is 41.7 Å². The van der Waals surface area contributed by atoms with Gasteiger partial charge in [0.1, 0.15) is 16.7 Å². The lowest BCUT2D eigenvalue weighted by atomic mass is 9.82. The number of hydrogen-bond acceptors (Lipinski definition) is 8. The van der Waals surface area contributed by atoms with Crippen LogP contribution in [0.15, 0.2) is 99.2 Å². The SMILES string of the molecule is COc1ccc(N2C(=O)C3Sc4[nH]c(=O)sc4C(c4cc(Br)ccc4OCC(=O)Nc4ccc5ccccc5c4)C3C2=O)cc1. The van der Waals surface area contributed by atoms with Crippen LogP contribution in [-0.2, 0) is 14.4 Å². The average molecular weight is 703 g/mol. The van der Waals surface area contributed by atoms with Gasteiger partial charge in [0, 0.05) is 26.5 Å². The summed E-state index contributed by atoms with van der Waals surface area (Å²) in [5, 5.41) is 4.72. The molecule has 0 saturated carbocycles. The van der Waals surface area contributed by atoms with Gasteiger partial charge in [-0.3, -0.25) is 19.2 Å². The Balaban J connectivity index is 1.21. The minimum atomic E-state index is -0.813. The normalized spacial score (nSPS) is 18.9. The van der Waals surface area contributed by atoms with Gasteiger partial charge in [-0.25, -0.2) is 4.90 Å². The Labute approximate surface area is 273 Å². The van der Waals surface area contributed by atoms with Crippen LogP contribution in [0, 0.1) is 5.92 Å². The molecule has 2 aliphatic rings. The molecule has 0 radical (unpaired) electrons. The zero-order valence-corrected chi connectivity index (χ0v) is 26.8. The van der Waals surface area contributed by atoms with Crippen molar-refractivity contribution in [3.63, 3.8) is 0 Å². The molecule has 12 heteroatoms. The Morgan fingerprint density at radius 1 is 0.956 bits per heavy atom. The molecule has 1 saturated heterocycles. The van der Waals surface area contributed by atoms with Gasteiger partial charge in [-0.2, -0.15) is 0 Å². The van der Waals surface area contributed by atoms with E-state index in [1.54, 1.807) is 43.5 Å². The van der Waals surface area contributed by atoms with Crippen LogP contribution in [0.1, 0.15) is 16.4 Å². The molecule has 3 unspecified atom stereocenters. The molecule has 0 bridgehead atoms. The van der Waals surface area contributed by atoms with E-state index >= 15 is 0 Å². The van der Waals surface area contributed by atoms with Crippen molar-refractivity contribution in [2.75, 3.05) is 23.9 Å². The van der Waals surface area contributed by atoms with Crippen molar-refractivity contribution in [3.8, 4) is 11.5 Å². The first-order valence-corrected chi connectivity index (χ1v) is 16.4. The van der Waals surface area contributed by atoms with Crippen LogP contribution in [0.2, 0.25) is 0 Å². The number of halogens is 1. The number of nitrogens with zero attached hydrogens (tertiary/aromatic N) is 1. The van der Waals surface area contributed by atoms with E-state index in [0.717, 1.165) is 22.1 Å². The Bertz CT molecular complexity index is 2040. The van der Waals surface area contributed by atoms with Crippen molar-refractivity contribution in [2.24, 2.45) is 5.92 Å². The zero-order chi connectivity index (χ0) is 31.2. The molecule has 0 spiro atoms. The molecule has 0 aliphatic carbocycles. The number of benzene rings is 4. The summed E-state index contributed by atoms with van der Waals surface area (Å²) in [5.74, 6) is -1.62. The summed E-state index contributed by atoms with van der Waals surface area (Å²) in [5.41, 5.74) is 1.67. The summed E-state index contributed by atoms with van der Waals surface area (Å²) in [6, 6.07) is 25.6. The van der Waals surface area contributed by atoms with E-state index in [2.05, 4.69) is 26.2 Å². The fourth-order valence-electron chi connectivity index (χ4n) is 5.84. The third kappa shape index (κ3) is 5.43. The third-order valence-corrected chi connectivity index (χ3v) is 10.7. The first-order chi connectivity index (χ1) is 21.8. The standard InChI is InChI=1S/C33H24BrN3O6S2/c1-42-22-11-9-21(10-12-22)37-31(39)27-26(28-30(36-33(41)45-28)44-29(27)32(37)40)23-15-19(34)7-13-24(23)43-16-25(38)35-20-8-6-17-4-2-3-5-18(17)14-20/h2-15,26-27,29H,16H2,1H3,(H,35,38)(H,36,41). The minimum absolute atomic E-state index is 0.281. The van der Waals surface area contributed by atoms with Crippen LogP contribution in [0.3, 0.4) is 0 Å². The van der Waals surface area contributed by atoms with Gasteiger partial charge in [0.05, 0.1) is 23.7 Å². The van der Waals surface area contributed by atoms with E-state index in [1.807, 2.05) is 48.5 Å². The van der Waals surface area contributed by atoms with Crippen molar-refractivity contribution in [1.82, 2.24) is 4.98 Å². The van der Waals surface area contributed by atoms with Crippen molar-refractivity contribution in [3.05, 3.63) is 110 Å². The quantitative estimate of drug-likeness (QED) is 0.195. The van der Waals surface area contributed by atoms with Gasteiger partial charge in [0.2, 0.25) is 11.8 Å². The maximum atomic E-state index is 14.1. The van der Waals surface area contributed by atoms with Crippen LogP contribution in [0.4, 0.5) is 11.4 Å². The molecule has 226 valence electrons. The molecular formula is C33H24BrN3O6S2. The zero-order valence-electron chi connectivity index (χ0n) is 23.6. The highest BCUT2D eigenvalue weighted by Gasteiger charge is 2.56. The van der Waals surface area contributed by atoms with Gasteiger partial charge in [-0.15, -0.1) is 0 Å². The third-order valence-electron chi connectivity index (χ3n) is 7.85. The second kappa shape index (κ2) is 11.8. The number of thiazole rings is 1. The van der Waals surface area contributed by atoms with Gasteiger partial charge in [-0.1, -0.05) is 69.4 Å². The van der Waals surface area contributed by atoms with Crippen LogP contribution in [0.25, 0.3) is 10.8 Å². The van der Waals surface area contributed by atoms with E-state index < -0.39 is 17.1 Å². The van der Waals surface area contributed by atoms with Crippen molar-refractivity contribution in [1.29, 1.82) is 0 Å². The number of amides is 3. The van der Waals surface area contributed by atoms with Gasteiger partial charge >= 0.3 is 4.87 Å². The highest BCUT2D eigenvalue weighted by molar-refractivity contribution is 9.10. The van der Waals surface area contributed by atoms with E-state index in [4.69, 9.17) is 9.47 Å². The smallest absolute Gasteiger partial charge is 0.305 e. The number of imide groups is 1. The number of nitrogens with one attached hydrogen (secondary N) is 2. The van der Waals surface area contributed by atoms with Gasteiger partial charge in [0.25, 0.3) is 5.91 Å². The van der Waals surface area contributed by atoms with Crippen molar-refractivity contribution >= 4 is 78.9 Å². The number of ether oxygens (including phenoxy) is 2. The maximum Gasteiger partial charge on any atom is 0.305 e. The molecule has 9 nitrogen and oxygen atoms in total. The second-order valence-electron chi connectivity index (χ2n) is 10.5. The molecule has 3 amide bonds. The maximum absolute atomic E-state index is 14.1. The molecule has 1 fully saturated rings. The van der Waals surface area contributed by atoms with E-state index in [9.17, 15) is 19.2 Å². The number of thioether (sulfide) groups is 1. The van der Waals surface area contributed by atoms with Gasteiger partial charge < -0.3 is 19.8 Å². The number of aromatic amines is 1. The van der Waals surface area contributed by atoms with Crippen LogP contribution < -0.4 is 24.6 Å².